The summed E-state index contributed by atoms with van der Waals surface area (Å²) in [7, 11) is 0. The van der Waals surface area contributed by atoms with Gasteiger partial charge in [0.2, 0.25) is 0 Å². The first-order chi connectivity index (χ1) is 23.1. The van der Waals surface area contributed by atoms with Gasteiger partial charge in [-0.1, -0.05) is 75.7 Å². The molecule has 0 saturated carbocycles. The molecule has 5 rings (SSSR count). The van der Waals surface area contributed by atoms with E-state index in [0.29, 0.717) is 37.2 Å². The smallest absolute Gasteiger partial charge is 0.308 e. The summed E-state index contributed by atoms with van der Waals surface area (Å²) in [6.07, 6.45) is 2.52. The highest BCUT2D eigenvalue weighted by Gasteiger charge is 2.37. The third-order valence-corrected chi connectivity index (χ3v) is 8.55. The van der Waals surface area contributed by atoms with Gasteiger partial charge in [-0.05, 0) is 80.1 Å². The minimum absolute atomic E-state index is 0.0316. The normalized spacial score (nSPS) is 17.3. The number of benzene rings is 3. The van der Waals surface area contributed by atoms with Gasteiger partial charge in [-0.3, -0.25) is 9.59 Å². The summed E-state index contributed by atoms with van der Waals surface area (Å²) in [5.41, 5.74) is 5.48. The van der Waals surface area contributed by atoms with Crippen molar-refractivity contribution in [2.45, 2.75) is 97.2 Å². The summed E-state index contributed by atoms with van der Waals surface area (Å²) >= 11 is 0. The zero-order chi connectivity index (χ0) is 34.3. The summed E-state index contributed by atoms with van der Waals surface area (Å²) in [4.78, 5) is 26.9. The van der Waals surface area contributed by atoms with E-state index >= 15 is 0 Å². The van der Waals surface area contributed by atoms with E-state index in [-0.39, 0.29) is 42.2 Å². The number of amides is 1. The number of rotatable bonds is 13. The number of carbonyl (C=O) groups is 2. The Morgan fingerprint density at radius 1 is 0.938 bits per heavy atom. The fraction of sp³-hybridized carbons (Fsp3) is 0.400. The van der Waals surface area contributed by atoms with Crippen molar-refractivity contribution in [1.82, 2.24) is 4.57 Å². The molecule has 0 aliphatic carbocycles. The first kappa shape index (κ1) is 35.0. The second-order valence-corrected chi connectivity index (χ2v) is 13.2. The molecular formula is C40H47FN2O5. The highest BCUT2D eigenvalue weighted by molar-refractivity contribution is 6.12. The van der Waals surface area contributed by atoms with Crippen LogP contribution in [-0.4, -0.2) is 41.0 Å². The number of esters is 1. The predicted octanol–water partition coefficient (Wildman–Crippen LogP) is 9.37. The summed E-state index contributed by atoms with van der Waals surface area (Å²) in [5.74, 6) is -1.73. The van der Waals surface area contributed by atoms with E-state index < -0.39 is 5.79 Å². The Hall–Kier alpha value is -4.27. The average Bonchev–Trinajstić information content (AvgIpc) is 3.40. The first-order valence-electron chi connectivity index (χ1n) is 17.0. The zero-order valence-electron chi connectivity index (χ0n) is 28.6. The van der Waals surface area contributed by atoms with Gasteiger partial charge in [0.25, 0.3) is 5.91 Å². The molecule has 1 aromatic heterocycles. The summed E-state index contributed by atoms with van der Waals surface area (Å²) in [6, 6.07) is 25.7. The summed E-state index contributed by atoms with van der Waals surface area (Å²) in [6.45, 7) is 10.9. The second-order valence-electron chi connectivity index (χ2n) is 13.2. The summed E-state index contributed by atoms with van der Waals surface area (Å²) in [5, 5.41) is 3.13. The Morgan fingerprint density at radius 2 is 1.58 bits per heavy atom. The lowest BCUT2D eigenvalue weighted by Gasteiger charge is -2.40. The molecule has 1 aliphatic heterocycles. The predicted molar refractivity (Wildman–Crippen MR) is 187 cm³/mol. The van der Waals surface area contributed by atoms with Gasteiger partial charge in [0.1, 0.15) is 5.82 Å². The van der Waals surface area contributed by atoms with E-state index in [1.54, 1.807) is 12.1 Å². The molecule has 2 atom stereocenters. The molecule has 1 aliphatic rings. The maximum atomic E-state index is 14.3. The Kier molecular flexibility index (Phi) is 11.5. The van der Waals surface area contributed by atoms with E-state index in [0.717, 1.165) is 40.9 Å². The molecule has 0 radical (unpaired) electrons. The third kappa shape index (κ3) is 8.60. The number of ether oxygens (including phenoxy) is 3. The number of nitrogens with one attached hydrogen (secondary N) is 1. The summed E-state index contributed by atoms with van der Waals surface area (Å²) < 4.78 is 34.4. The van der Waals surface area contributed by atoms with Crippen molar-refractivity contribution in [1.29, 1.82) is 0 Å². The van der Waals surface area contributed by atoms with Crippen LogP contribution in [-0.2, 0) is 25.5 Å². The molecule has 0 bridgehead atoms. The van der Waals surface area contributed by atoms with Crippen molar-refractivity contribution in [2.24, 2.45) is 0 Å². The number of nitrogens with zero attached hydrogens (tertiary/aromatic N) is 1. The van der Waals surface area contributed by atoms with Crippen LogP contribution >= 0.6 is 0 Å². The number of hydrogen-bond donors (Lipinski definition) is 1. The lowest BCUT2D eigenvalue weighted by atomic mass is 9.94. The van der Waals surface area contributed by atoms with E-state index in [1.165, 1.54) is 12.1 Å². The number of anilines is 1. The molecule has 4 aromatic rings. The molecule has 7 nitrogen and oxygen atoms in total. The molecule has 48 heavy (non-hydrogen) atoms. The molecule has 1 fully saturated rings. The van der Waals surface area contributed by atoms with Crippen LogP contribution in [0.3, 0.4) is 0 Å². The Balaban J connectivity index is 1.57. The van der Waals surface area contributed by atoms with E-state index in [4.69, 9.17) is 14.2 Å². The van der Waals surface area contributed by atoms with Gasteiger partial charge in [-0.15, -0.1) is 0 Å². The van der Waals surface area contributed by atoms with E-state index in [9.17, 15) is 14.0 Å². The van der Waals surface area contributed by atoms with Crippen molar-refractivity contribution >= 4 is 17.6 Å². The molecule has 1 saturated heterocycles. The maximum absolute atomic E-state index is 14.3. The van der Waals surface area contributed by atoms with Crippen LogP contribution in [0, 0.1) is 5.82 Å². The molecule has 254 valence electrons. The van der Waals surface area contributed by atoms with Crippen LogP contribution in [0.25, 0.3) is 22.4 Å². The van der Waals surface area contributed by atoms with Crippen molar-refractivity contribution in [3.63, 3.8) is 0 Å². The van der Waals surface area contributed by atoms with Crippen molar-refractivity contribution in [3.8, 4) is 22.4 Å². The number of hydrogen-bond acceptors (Lipinski definition) is 5. The van der Waals surface area contributed by atoms with Crippen molar-refractivity contribution < 1.29 is 28.2 Å². The number of para-hydroxylation sites is 1. The number of carbonyl (C=O) groups excluding carboxylic acids is 2. The van der Waals surface area contributed by atoms with Crippen LogP contribution in [0.1, 0.15) is 88.7 Å². The lowest BCUT2D eigenvalue weighted by molar-refractivity contribution is -0.300. The second kappa shape index (κ2) is 15.8. The monoisotopic (exact) mass is 654 g/mol. The van der Waals surface area contributed by atoms with Crippen molar-refractivity contribution in [2.75, 3.05) is 11.9 Å². The van der Waals surface area contributed by atoms with Gasteiger partial charge < -0.3 is 24.1 Å². The molecule has 3 aromatic carbocycles. The topological polar surface area (TPSA) is 78.8 Å². The minimum Gasteiger partial charge on any atom is -0.466 e. The highest BCUT2D eigenvalue weighted by atomic mass is 19.1. The Labute approximate surface area is 283 Å². The van der Waals surface area contributed by atoms with Gasteiger partial charge in [0, 0.05) is 29.9 Å². The van der Waals surface area contributed by atoms with Gasteiger partial charge in [-0.2, -0.15) is 0 Å². The zero-order valence-corrected chi connectivity index (χ0v) is 28.6. The van der Waals surface area contributed by atoms with Crippen LogP contribution in [0.4, 0.5) is 10.1 Å². The van der Waals surface area contributed by atoms with Crippen LogP contribution in [0.15, 0.2) is 84.9 Å². The fourth-order valence-corrected chi connectivity index (χ4v) is 6.58. The van der Waals surface area contributed by atoms with Gasteiger partial charge in [0.05, 0.1) is 36.5 Å². The lowest BCUT2D eigenvalue weighted by Crippen LogP contribution is -2.45. The Bertz CT molecular complexity index is 1670. The van der Waals surface area contributed by atoms with Gasteiger partial charge in [0.15, 0.2) is 5.79 Å². The molecule has 0 spiro atoms. The first-order valence-corrected chi connectivity index (χ1v) is 17.0. The molecule has 2 heterocycles. The van der Waals surface area contributed by atoms with Crippen LogP contribution in [0.2, 0.25) is 0 Å². The third-order valence-electron chi connectivity index (χ3n) is 8.55. The van der Waals surface area contributed by atoms with Crippen LogP contribution in [0.5, 0.6) is 0 Å². The number of halogens is 1. The fourth-order valence-electron chi connectivity index (χ4n) is 6.58. The highest BCUT2D eigenvalue weighted by Crippen LogP contribution is 2.43. The quantitative estimate of drug-likeness (QED) is 0.115. The molecule has 8 heteroatoms. The number of aromatic nitrogens is 1. The minimum atomic E-state index is -0.884. The number of unbranched alkanes of at least 4 members (excludes halogenated alkanes) is 1. The van der Waals surface area contributed by atoms with Crippen LogP contribution < -0.4 is 5.32 Å². The van der Waals surface area contributed by atoms with Crippen molar-refractivity contribution in [3.05, 3.63) is 102 Å². The van der Waals surface area contributed by atoms with E-state index in [1.807, 2.05) is 74.5 Å². The molecule has 1 N–H and O–H groups in total. The Morgan fingerprint density at radius 3 is 2.23 bits per heavy atom. The van der Waals surface area contributed by atoms with Gasteiger partial charge >= 0.3 is 5.97 Å². The largest absolute Gasteiger partial charge is 0.466 e. The average molecular weight is 655 g/mol. The standard InChI is InChI=1S/C40H47FN2O5/c1-6-7-24-46-34(44)26-33-25-32(47-40(4,5)48-33)22-23-43-37(27(2)3)36(39(45)42-31-16-12-9-13-17-31)35(28-14-10-8-11-15-28)38(43)29-18-20-30(41)21-19-29/h8-21,27,32-33H,6-7,22-26H2,1-5H3,(H,42,45). The SMILES string of the molecule is CCCCOC(=O)CC1CC(CCn2c(-c3ccc(F)cc3)c(-c3ccccc3)c(C(=O)Nc3ccccc3)c2C(C)C)OC(C)(C)O1. The molecular weight excluding hydrogens is 607 g/mol. The molecule has 2 unspecified atom stereocenters. The molecule has 1 amide bonds. The van der Waals surface area contributed by atoms with E-state index in [2.05, 4.69) is 30.7 Å². The van der Waals surface area contributed by atoms with Gasteiger partial charge in [-0.25, -0.2) is 4.39 Å². The maximum Gasteiger partial charge on any atom is 0.308 e.